The van der Waals surface area contributed by atoms with E-state index in [9.17, 15) is 9.59 Å². The number of rotatable bonds is 5. The maximum Gasteiger partial charge on any atom is 0.305 e. The lowest BCUT2D eigenvalue weighted by Crippen LogP contribution is -2.33. The van der Waals surface area contributed by atoms with Gasteiger partial charge in [0.05, 0.1) is 22.0 Å². The van der Waals surface area contributed by atoms with E-state index in [0.717, 1.165) is 0 Å². The second-order valence-electron chi connectivity index (χ2n) is 3.63. The quantitative estimate of drug-likeness (QED) is 0.907. The molecule has 0 atom stereocenters. The Balaban J connectivity index is 2.93. The van der Waals surface area contributed by atoms with Gasteiger partial charge in [0.1, 0.15) is 0 Å². The SMILES string of the molecule is CCN(CCC(=O)O)C(=O)c1c(Cl)cccc1Cl. The highest BCUT2D eigenvalue weighted by Gasteiger charge is 2.20. The van der Waals surface area contributed by atoms with E-state index < -0.39 is 5.97 Å². The van der Waals surface area contributed by atoms with Crippen LogP contribution in [0.2, 0.25) is 10.0 Å². The summed E-state index contributed by atoms with van der Waals surface area (Å²) in [5, 5.41) is 9.16. The Bertz CT molecular complexity index is 442. The molecule has 0 saturated heterocycles. The molecule has 1 N–H and O–H groups in total. The summed E-state index contributed by atoms with van der Waals surface area (Å²) in [6.45, 7) is 2.30. The van der Waals surface area contributed by atoms with Gasteiger partial charge in [0, 0.05) is 13.1 Å². The van der Waals surface area contributed by atoms with Crippen LogP contribution in [0.4, 0.5) is 0 Å². The van der Waals surface area contributed by atoms with Crippen molar-refractivity contribution in [2.45, 2.75) is 13.3 Å². The van der Waals surface area contributed by atoms with Gasteiger partial charge in [0.25, 0.3) is 5.91 Å². The Hall–Kier alpha value is -1.26. The Morgan fingerprint density at radius 1 is 1.28 bits per heavy atom. The summed E-state index contributed by atoms with van der Waals surface area (Å²) in [6, 6.07) is 4.80. The number of hydrogen-bond donors (Lipinski definition) is 1. The highest BCUT2D eigenvalue weighted by Crippen LogP contribution is 2.25. The molecular formula is C12H13Cl2NO3. The Morgan fingerprint density at radius 2 is 1.83 bits per heavy atom. The van der Waals surface area contributed by atoms with Crippen LogP contribution < -0.4 is 0 Å². The predicted octanol–water partition coefficient (Wildman–Crippen LogP) is 2.93. The molecule has 98 valence electrons. The number of benzene rings is 1. The molecule has 0 aliphatic heterocycles. The topological polar surface area (TPSA) is 57.6 Å². The van der Waals surface area contributed by atoms with Crippen LogP contribution in [0.3, 0.4) is 0 Å². The third-order valence-corrected chi connectivity index (χ3v) is 3.07. The zero-order valence-corrected chi connectivity index (χ0v) is 11.3. The van der Waals surface area contributed by atoms with Crippen LogP contribution >= 0.6 is 23.2 Å². The number of amides is 1. The highest BCUT2D eigenvalue weighted by atomic mass is 35.5. The normalized spacial score (nSPS) is 10.2. The number of carboxylic acids is 1. The van der Waals surface area contributed by atoms with E-state index in [1.54, 1.807) is 25.1 Å². The van der Waals surface area contributed by atoms with Gasteiger partial charge in [-0.25, -0.2) is 0 Å². The summed E-state index contributed by atoms with van der Waals surface area (Å²) >= 11 is 11.9. The van der Waals surface area contributed by atoms with E-state index >= 15 is 0 Å². The van der Waals surface area contributed by atoms with Crippen molar-refractivity contribution < 1.29 is 14.7 Å². The Kier molecular flexibility index (Phi) is 5.44. The summed E-state index contributed by atoms with van der Waals surface area (Å²) in [7, 11) is 0. The van der Waals surface area contributed by atoms with Crippen molar-refractivity contribution in [3.8, 4) is 0 Å². The lowest BCUT2D eigenvalue weighted by Gasteiger charge is -2.21. The lowest BCUT2D eigenvalue weighted by atomic mass is 10.2. The van der Waals surface area contributed by atoms with Crippen LogP contribution in [-0.2, 0) is 4.79 Å². The van der Waals surface area contributed by atoms with E-state index in [4.69, 9.17) is 28.3 Å². The molecule has 0 unspecified atom stereocenters. The zero-order valence-electron chi connectivity index (χ0n) is 9.82. The summed E-state index contributed by atoms with van der Waals surface area (Å²) in [4.78, 5) is 24.1. The number of carbonyl (C=O) groups is 2. The molecular weight excluding hydrogens is 277 g/mol. The second-order valence-corrected chi connectivity index (χ2v) is 4.44. The molecule has 0 heterocycles. The molecule has 1 rings (SSSR count). The number of halogens is 2. The highest BCUT2D eigenvalue weighted by molar-refractivity contribution is 6.39. The van der Waals surface area contributed by atoms with E-state index in [2.05, 4.69) is 0 Å². The van der Waals surface area contributed by atoms with E-state index in [1.807, 2.05) is 0 Å². The molecule has 0 spiro atoms. The molecule has 0 aliphatic rings. The standard InChI is InChI=1S/C12H13Cl2NO3/c1-2-15(7-6-10(16)17)12(18)11-8(13)4-3-5-9(11)14/h3-5H,2,6-7H2,1H3,(H,16,17). The Labute approximate surface area is 115 Å². The molecule has 6 heteroatoms. The van der Waals surface area contributed by atoms with Crippen LogP contribution in [0.25, 0.3) is 0 Å². The molecule has 18 heavy (non-hydrogen) atoms. The van der Waals surface area contributed by atoms with Gasteiger partial charge >= 0.3 is 5.97 Å². The largest absolute Gasteiger partial charge is 0.481 e. The van der Waals surface area contributed by atoms with Gasteiger partial charge in [-0.05, 0) is 19.1 Å². The van der Waals surface area contributed by atoms with E-state index in [1.165, 1.54) is 4.90 Å². The average molecular weight is 290 g/mol. The van der Waals surface area contributed by atoms with E-state index in [-0.39, 0.29) is 34.5 Å². The first-order valence-electron chi connectivity index (χ1n) is 5.42. The van der Waals surface area contributed by atoms with Crippen molar-refractivity contribution in [3.05, 3.63) is 33.8 Å². The van der Waals surface area contributed by atoms with Crippen LogP contribution in [0.1, 0.15) is 23.7 Å². The zero-order chi connectivity index (χ0) is 13.7. The fraction of sp³-hybridized carbons (Fsp3) is 0.333. The third-order valence-electron chi connectivity index (χ3n) is 2.44. The molecule has 0 aliphatic carbocycles. The summed E-state index contributed by atoms with van der Waals surface area (Å²) in [6.07, 6.45) is -0.109. The van der Waals surface area contributed by atoms with Crippen LogP contribution in [-0.4, -0.2) is 35.0 Å². The molecule has 0 saturated carbocycles. The van der Waals surface area contributed by atoms with Crippen molar-refractivity contribution in [2.75, 3.05) is 13.1 Å². The van der Waals surface area contributed by atoms with Gasteiger partial charge in [0.15, 0.2) is 0 Å². The molecule has 1 amide bonds. The van der Waals surface area contributed by atoms with Crippen LogP contribution in [0.5, 0.6) is 0 Å². The van der Waals surface area contributed by atoms with Crippen molar-refractivity contribution >= 4 is 35.1 Å². The maximum absolute atomic E-state index is 12.2. The van der Waals surface area contributed by atoms with Gasteiger partial charge in [-0.1, -0.05) is 29.3 Å². The van der Waals surface area contributed by atoms with Crippen molar-refractivity contribution in [1.29, 1.82) is 0 Å². The number of nitrogens with zero attached hydrogens (tertiary/aromatic N) is 1. The average Bonchev–Trinajstić information content (AvgIpc) is 2.29. The monoisotopic (exact) mass is 289 g/mol. The number of hydrogen-bond acceptors (Lipinski definition) is 2. The first-order chi connectivity index (χ1) is 8.47. The molecule has 0 bridgehead atoms. The van der Waals surface area contributed by atoms with Gasteiger partial charge in [-0.2, -0.15) is 0 Å². The summed E-state index contributed by atoms with van der Waals surface area (Å²) in [5.41, 5.74) is 0.216. The van der Waals surface area contributed by atoms with Gasteiger partial charge in [-0.3, -0.25) is 9.59 Å². The van der Waals surface area contributed by atoms with Gasteiger partial charge < -0.3 is 10.0 Å². The van der Waals surface area contributed by atoms with Gasteiger partial charge in [-0.15, -0.1) is 0 Å². The minimum atomic E-state index is -0.952. The van der Waals surface area contributed by atoms with E-state index in [0.29, 0.717) is 6.54 Å². The molecule has 0 aromatic heterocycles. The minimum Gasteiger partial charge on any atom is -0.481 e. The maximum atomic E-state index is 12.2. The van der Waals surface area contributed by atoms with Gasteiger partial charge in [0.2, 0.25) is 0 Å². The van der Waals surface area contributed by atoms with Crippen LogP contribution in [0, 0.1) is 0 Å². The fourth-order valence-corrected chi connectivity index (χ4v) is 2.05. The molecule has 0 fully saturated rings. The predicted molar refractivity (Wildman–Crippen MR) is 70.3 cm³/mol. The number of carboxylic acid groups (broad SMARTS) is 1. The van der Waals surface area contributed by atoms with Crippen molar-refractivity contribution in [1.82, 2.24) is 4.90 Å². The number of aliphatic carboxylic acids is 1. The minimum absolute atomic E-state index is 0.109. The summed E-state index contributed by atoms with van der Waals surface area (Å²) < 4.78 is 0. The molecule has 0 radical (unpaired) electrons. The third kappa shape index (κ3) is 3.62. The van der Waals surface area contributed by atoms with Crippen LogP contribution in [0.15, 0.2) is 18.2 Å². The van der Waals surface area contributed by atoms with Crippen molar-refractivity contribution in [2.24, 2.45) is 0 Å². The smallest absolute Gasteiger partial charge is 0.305 e. The number of carbonyl (C=O) groups excluding carboxylic acids is 1. The summed E-state index contributed by atoms with van der Waals surface area (Å²) in [5.74, 6) is -1.30. The first kappa shape index (κ1) is 14.8. The lowest BCUT2D eigenvalue weighted by molar-refractivity contribution is -0.137. The Morgan fingerprint density at radius 3 is 2.28 bits per heavy atom. The first-order valence-corrected chi connectivity index (χ1v) is 6.18. The fourth-order valence-electron chi connectivity index (χ4n) is 1.49. The molecule has 1 aromatic carbocycles. The molecule has 4 nitrogen and oxygen atoms in total. The molecule has 1 aromatic rings. The second kappa shape index (κ2) is 6.61. The van der Waals surface area contributed by atoms with Crippen molar-refractivity contribution in [3.63, 3.8) is 0 Å².